The van der Waals surface area contributed by atoms with Crippen molar-refractivity contribution in [2.75, 3.05) is 0 Å². The van der Waals surface area contributed by atoms with Gasteiger partial charge in [0, 0.05) is 36.6 Å². The monoisotopic (exact) mass is 474 g/mol. The van der Waals surface area contributed by atoms with Gasteiger partial charge >= 0.3 is 0 Å². The van der Waals surface area contributed by atoms with Gasteiger partial charge in [0.15, 0.2) is 0 Å². The van der Waals surface area contributed by atoms with Crippen LogP contribution in [0.15, 0.2) is 47.4 Å². The quantitative estimate of drug-likeness (QED) is 0.415. The van der Waals surface area contributed by atoms with E-state index in [0.29, 0.717) is 18.7 Å². The molecule has 1 heterocycles. The SMILES string of the molecule is CC(F)(F)c1ccc(S(=O)(=O)n2nc(C3CCCC(F)(F)C3)c3c(Cl)cccc32)cc1. The summed E-state index contributed by atoms with van der Waals surface area (Å²) in [4.78, 5) is -0.245. The average molecular weight is 475 g/mol. The Morgan fingerprint density at radius 3 is 2.45 bits per heavy atom. The number of benzene rings is 2. The third-order valence-electron chi connectivity index (χ3n) is 5.57. The summed E-state index contributed by atoms with van der Waals surface area (Å²) in [7, 11) is -4.28. The Balaban J connectivity index is 1.85. The van der Waals surface area contributed by atoms with Crippen molar-refractivity contribution in [3.05, 3.63) is 58.7 Å². The predicted molar refractivity (Wildman–Crippen MR) is 109 cm³/mol. The third kappa shape index (κ3) is 4.05. The number of rotatable bonds is 4. The van der Waals surface area contributed by atoms with Crippen LogP contribution >= 0.6 is 11.6 Å². The van der Waals surface area contributed by atoms with E-state index in [-0.39, 0.29) is 39.5 Å². The number of alkyl halides is 4. The van der Waals surface area contributed by atoms with Crippen LogP contribution in [-0.4, -0.2) is 23.5 Å². The fourth-order valence-corrected chi connectivity index (χ4v) is 5.57. The largest absolute Gasteiger partial charge is 0.283 e. The first-order valence-corrected chi connectivity index (χ1v) is 11.5. The second kappa shape index (κ2) is 7.48. The highest BCUT2D eigenvalue weighted by atomic mass is 35.5. The van der Waals surface area contributed by atoms with Crippen LogP contribution in [-0.2, 0) is 15.9 Å². The Kier molecular flexibility index (Phi) is 5.33. The molecule has 4 nitrogen and oxygen atoms in total. The second-order valence-electron chi connectivity index (χ2n) is 7.93. The van der Waals surface area contributed by atoms with Crippen LogP contribution in [0.5, 0.6) is 0 Å². The normalized spacial score (nSPS) is 19.6. The Labute approximate surface area is 181 Å². The Bertz CT molecular complexity index is 1230. The van der Waals surface area contributed by atoms with Gasteiger partial charge in [-0.25, -0.2) is 17.6 Å². The predicted octanol–water partition coefficient (Wildman–Crippen LogP) is 6.33. The standard InChI is InChI=1S/C21H19ClF4N2O2S/c1-20(23,24)14-7-9-15(10-8-14)31(29,30)28-17-6-2-5-16(22)18(17)19(27-28)13-4-3-11-21(25,26)12-13/h2,5-10,13H,3-4,11-12H2,1H3. The highest BCUT2D eigenvalue weighted by molar-refractivity contribution is 7.90. The van der Waals surface area contributed by atoms with Crippen LogP contribution in [0.2, 0.25) is 5.02 Å². The van der Waals surface area contributed by atoms with E-state index in [2.05, 4.69) is 5.10 Å². The van der Waals surface area contributed by atoms with E-state index in [9.17, 15) is 26.0 Å². The van der Waals surface area contributed by atoms with Crippen molar-refractivity contribution < 1.29 is 26.0 Å². The van der Waals surface area contributed by atoms with E-state index in [4.69, 9.17) is 11.6 Å². The van der Waals surface area contributed by atoms with Crippen LogP contribution in [0.4, 0.5) is 17.6 Å². The molecule has 4 rings (SSSR count). The molecule has 0 saturated heterocycles. The Morgan fingerprint density at radius 1 is 1.16 bits per heavy atom. The van der Waals surface area contributed by atoms with Crippen LogP contribution in [0.3, 0.4) is 0 Å². The van der Waals surface area contributed by atoms with Crippen molar-refractivity contribution in [3.8, 4) is 0 Å². The summed E-state index contributed by atoms with van der Waals surface area (Å²) in [5.41, 5.74) is 0.0338. The van der Waals surface area contributed by atoms with Gasteiger partial charge in [-0.1, -0.05) is 29.8 Å². The fourth-order valence-electron chi connectivity index (χ4n) is 4.02. The highest BCUT2D eigenvalue weighted by Crippen LogP contribution is 2.44. The molecule has 2 aromatic carbocycles. The molecule has 166 valence electrons. The van der Waals surface area contributed by atoms with Crippen LogP contribution < -0.4 is 0 Å². The minimum atomic E-state index is -4.28. The van der Waals surface area contributed by atoms with Gasteiger partial charge in [-0.3, -0.25) is 0 Å². The van der Waals surface area contributed by atoms with E-state index < -0.39 is 34.2 Å². The Hall–Kier alpha value is -2.13. The van der Waals surface area contributed by atoms with E-state index in [0.717, 1.165) is 28.4 Å². The lowest BCUT2D eigenvalue weighted by molar-refractivity contribution is -0.0411. The van der Waals surface area contributed by atoms with Crippen molar-refractivity contribution in [1.82, 2.24) is 9.19 Å². The number of hydrogen-bond donors (Lipinski definition) is 0. The number of aromatic nitrogens is 2. The number of fused-ring (bicyclic) bond motifs is 1. The maximum absolute atomic E-state index is 14.0. The minimum absolute atomic E-state index is 0.154. The summed E-state index contributed by atoms with van der Waals surface area (Å²) >= 11 is 6.31. The Morgan fingerprint density at radius 2 is 1.84 bits per heavy atom. The molecular formula is C21H19ClF4N2O2S. The smallest absolute Gasteiger partial charge is 0.207 e. The van der Waals surface area contributed by atoms with Gasteiger partial charge < -0.3 is 0 Å². The molecule has 0 N–H and O–H groups in total. The summed E-state index contributed by atoms with van der Waals surface area (Å²) in [6, 6.07) is 8.81. The van der Waals surface area contributed by atoms with Gasteiger partial charge in [0.2, 0.25) is 5.92 Å². The second-order valence-corrected chi connectivity index (χ2v) is 10.1. The molecule has 3 aromatic rings. The van der Waals surface area contributed by atoms with Crippen molar-refractivity contribution >= 4 is 32.5 Å². The van der Waals surface area contributed by atoms with Gasteiger partial charge in [0.1, 0.15) is 0 Å². The molecule has 1 aromatic heterocycles. The first-order valence-electron chi connectivity index (χ1n) is 9.69. The zero-order valence-corrected chi connectivity index (χ0v) is 18.0. The average Bonchev–Trinajstić information content (AvgIpc) is 3.08. The number of hydrogen-bond acceptors (Lipinski definition) is 3. The van der Waals surface area contributed by atoms with Crippen LogP contribution in [0.25, 0.3) is 10.9 Å². The summed E-state index contributed by atoms with van der Waals surface area (Å²) in [5, 5.41) is 4.75. The van der Waals surface area contributed by atoms with Gasteiger partial charge in [-0.05, 0) is 37.1 Å². The summed E-state index contributed by atoms with van der Waals surface area (Å²) in [6.07, 6.45) is 0.0659. The molecule has 0 radical (unpaired) electrons. The van der Waals surface area contributed by atoms with Crippen LogP contribution in [0, 0.1) is 0 Å². The van der Waals surface area contributed by atoms with Gasteiger partial charge in [-0.15, -0.1) is 0 Å². The molecule has 1 saturated carbocycles. The van der Waals surface area contributed by atoms with Crippen molar-refractivity contribution in [3.63, 3.8) is 0 Å². The maximum Gasteiger partial charge on any atom is 0.283 e. The number of halogens is 5. The molecule has 0 spiro atoms. The molecular weight excluding hydrogens is 456 g/mol. The maximum atomic E-state index is 14.0. The summed E-state index contributed by atoms with van der Waals surface area (Å²) in [6.45, 7) is 0.714. The topological polar surface area (TPSA) is 52.0 Å². The first-order chi connectivity index (χ1) is 14.4. The molecule has 0 aliphatic heterocycles. The molecule has 31 heavy (non-hydrogen) atoms. The summed E-state index contributed by atoms with van der Waals surface area (Å²) < 4.78 is 82.3. The van der Waals surface area contributed by atoms with Crippen molar-refractivity contribution in [1.29, 1.82) is 0 Å². The first kappa shape index (κ1) is 22.1. The summed E-state index contributed by atoms with van der Waals surface area (Å²) in [5.74, 6) is -6.63. The lowest BCUT2D eigenvalue weighted by Gasteiger charge is -2.28. The molecule has 1 unspecified atom stereocenters. The lowest BCUT2D eigenvalue weighted by atomic mass is 9.83. The zero-order valence-electron chi connectivity index (χ0n) is 16.5. The van der Waals surface area contributed by atoms with Gasteiger partial charge in [0.25, 0.3) is 15.9 Å². The molecule has 10 heteroatoms. The van der Waals surface area contributed by atoms with Gasteiger partial charge in [0.05, 0.1) is 21.1 Å². The molecule has 1 aliphatic carbocycles. The molecule has 1 fully saturated rings. The van der Waals surface area contributed by atoms with E-state index >= 15 is 0 Å². The number of nitrogens with zero attached hydrogens (tertiary/aromatic N) is 2. The van der Waals surface area contributed by atoms with Crippen molar-refractivity contribution in [2.45, 2.75) is 55.3 Å². The minimum Gasteiger partial charge on any atom is -0.207 e. The zero-order chi connectivity index (χ0) is 22.6. The van der Waals surface area contributed by atoms with Gasteiger partial charge in [-0.2, -0.15) is 17.6 Å². The third-order valence-corrected chi connectivity index (χ3v) is 7.48. The van der Waals surface area contributed by atoms with E-state index in [1.54, 1.807) is 12.1 Å². The fraction of sp³-hybridized carbons (Fsp3) is 0.381. The highest BCUT2D eigenvalue weighted by Gasteiger charge is 2.39. The van der Waals surface area contributed by atoms with E-state index in [1.807, 2.05) is 0 Å². The lowest BCUT2D eigenvalue weighted by Crippen LogP contribution is -2.25. The molecule has 1 aliphatic rings. The molecule has 1 atom stereocenters. The molecule has 0 bridgehead atoms. The van der Waals surface area contributed by atoms with E-state index in [1.165, 1.54) is 6.07 Å². The van der Waals surface area contributed by atoms with Crippen LogP contribution in [0.1, 0.15) is 49.8 Å². The van der Waals surface area contributed by atoms with Crippen molar-refractivity contribution in [2.24, 2.45) is 0 Å². The molecule has 0 amide bonds.